The van der Waals surface area contributed by atoms with Gasteiger partial charge in [-0.15, -0.1) is 0 Å². The lowest BCUT2D eigenvalue weighted by Crippen LogP contribution is -2.50. The molecule has 0 radical (unpaired) electrons. The molecule has 0 aliphatic carbocycles. The number of unbranched alkanes of at least 4 members (excludes halogenated alkanes) is 1. The van der Waals surface area contributed by atoms with Crippen molar-refractivity contribution in [3.63, 3.8) is 0 Å². The predicted molar refractivity (Wildman–Crippen MR) is 171 cm³/mol. The van der Waals surface area contributed by atoms with E-state index in [-0.39, 0.29) is 31.3 Å². The van der Waals surface area contributed by atoms with Crippen molar-refractivity contribution in [3.05, 3.63) is 101 Å². The maximum absolute atomic E-state index is 14.0. The van der Waals surface area contributed by atoms with Crippen LogP contribution < -0.4 is 9.62 Å². The molecular weight excluding hydrogens is 546 g/mol. The number of carbonyl (C=O) groups excluding carboxylic acids is 2. The number of anilines is 1. The molecule has 2 amide bonds. The van der Waals surface area contributed by atoms with Crippen LogP contribution in [0.25, 0.3) is 0 Å². The van der Waals surface area contributed by atoms with Gasteiger partial charge < -0.3 is 10.2 Å². The molecule has 0 bridgehead atoms. The van der Waals surface area contributed by atoms with Gasteiger partial charge in [0.15, 0.2) is 0 Å². The van der Waals surface area contributed by atoms with Gasteiger partial charge in [0.2, 0.25) is 21.8 Å². The topological polar surface area (TPSA) is 86.8 Å². The first-order valence-electron chi connectivity index (χ1n) is 14.7. The molecule has 0 saturated carbocycles. The zero-order valence-electron chi connectivity index (χ0n) is 25.6. The minimum atomic E-state index is -3.56. The second kappa shape index (κ2) is 15.5. The van der Waals surface area contributed by atoms with E-state index in [1.807, 2.05) is 93.6 Å². The summed E-state index contributed by atoms with van der Waals surface area (Å²) in [6.07, 6.45) is 3.80. The average molecular weight is 592 g/mol. The quantitative estimate of drug-likeness (QED) is 0.229. The first-order chi connectivity index (χ1) is 20.0. The van der Waals surface area contributed by atoms with E-state index in [1.165, 1.54) is 10.6 Å². The van der Waals surface area contributed by atoms with Gasteiger partial charge in [-0.05, 0) is 73.6 Å². The molecule has 42 heavy (non-hydrogen) atoms. The Balaban J connectivity index is 1.89. The molecule has 3 aromatic carbocycles. The lowest BCUT2D eigenvalue weighted by Gasteiger charge is -2.32. The van der Waals surface area contributed by atoms with E-state index in [1.54, 1.807) is 4.90 Å². The van der Waals surface area contributed by atoms with Gasteiger partial charge in [0.25, 0.3) is 0 Å². The summed E-state index contributed by atoms with van der Waals surface area (Å²) in [5, 5.41) is 3.05. The normalized spacial score (nSPS) is 12.0. The summed E-state index contributed by atoms with van der Waals surface area (Å²) in [7, 11) is -3.56. The number of nitrogens with zero attached hydrogens (tertiary/aromatic N) is 2. The molecule has 3 aromatic rings. The van der Waals surface area contributed by atoms with E-state index >= 15 is 0 Å². The lowest BCUT2D eigenvalue weighted by molar-refractivity contribution is -0.141. The van der Waals surface area contributed by atoms with Gasteiger partial charge >= 0.3 is 0 Å². The van der Waals surface area contributed by atoms with E-state index in [0.29, 0.717) is 25.1 Å². The maximum atomic E-state index is 14.0. The number of aryl methyl sites for hydroxylation is 3. The number of amides is 2. The zero-order chi connectivity index (χ0) is 30.7. The highest BCUT2D eigenvalue weighted by molar-refractivity contribution is 7.92. The third kappa shape index (κ3) is 9.72. The molecule has 8 heteroatoms. The summed E-state index contributed by atoms with van der Waals surface area (Å²) in [4.78, 5) is 29.3. The fourth-order valence-corrected chi connectivity index (χ4v) is 6.08. The van der Waals surface area contributed by atoms with Crippen molar-refractivity contribution in [2.45, 2.75) is 72.4 Å². The third-order valence-corrected chi connectivity index (χ3v) is 8.54. The van der Waals surface area contributed by atoms with Gasteiger partial charge in [0, 0.05) is 32.5 Å². The van der Waals surface area contributed by atoms with Gasteiger partial charge in [0.1, 0.15) is 6.04 Å². The molecule has 0 saturated heterocycles. The van der Waals surface area contributed by atoms with Crippen molar-refractivity contribution < 1.29 is 18.0 Å². The molecule has 0 unspecified atom stereocenters. The van der Waals surface area contributed by atoms with Crippen molar-refractivity contribution in [2.24, 2.45) is 0 Å². The minimum Gasteiger partial charge on any atom is -0.354 e. The standard InChI is InChI=1S/C34H45N3O4S/c1-6-7-19-35-34(39)32(24-29-15-9-8-10-16-29)36(25-30-17-12-11-14-28(30)4)33(38)18-13-20-37(42(5,40)41)31-22-26(2)21-27(3)23-31/h8-12,14-17,21-23,32H,6-7,13,18-20,24-25H2,1-5H3,(H,35,39)/t32-/m1/s1. The van der Waals surface area contributed by atoms with Crippen molar-refractivity contribution in [3.8, 4) is 0 Å². The highest BCUT2D eigenvalue weighted by Crippen LogP contribution is 2.23. The average Bonchev–Trinajstić information content (AvgIpc) is 2.93. The highest BCUT2D eigenvalue weighted by Gasteiger charge is 2.30. The number of carbonyl (C=O) groups is 2. The summed E-state index contributed by atoms with van der Waals surface area (Å²) in [6, 6.07) is 22.6. The Morgan fingerprint density at radius 1 is 0.881 bits per heavy atom. The van der Waals surface area contributed by atoms with Crippen LogP contribution in [-0.4, -0.2) is 50.5 Å². The molecule has 1 N–H and O–H groups in total. The minimum absolute atomic E-state index is 0.107. The molecule has 0 fully saturated rings. The Morgan fingerprint density at radius 3 is 2.14 bits per heavy atom. The molecule has 0 aromatic heterocycles. The van der Waals surface area contributed by atoms with Gasteiger partial charge in [-0.1, -0.05) is 74.0 Å². The molecule has 0 spiro atoms. The van der Waals surface area contributed by atoms with Crippen LogP contribution in [0.3, 0.4) is 0 Å². The van der Waals surface area contributed by atoms with E-state index in [4.69, 9.17) is 0 Å². The smallest absolute Gasteiger partial charge is 0.243 e. The SMILES string of the molecule is CCCCNC(=O)[C@@H](Cc1ccccc1)N(Cc1ccccc1C)C(=O)CCCN(c1cc(C)cc(C)c1)S(C)(=O)=O. The second-order valence-electron chi connectivity index (χ2n) is 11.1. The van der Waals surface area contributed by atoms with Crippen LogP contribution in [-0.2, 0) is 32.6 Å². The molecule has 226 valence electrons. The lowest BCUT2D eigenvalue weighted by atomic mass is 10.0. The Hall–Kier alpha value is -3.65. The van der Waals surface area contributed by atoms with Crippen LogP contribution in [0.2, 0.25) is 0 Å². The Kier molecular flexibility index (Phi) is 12.2. The van der Waals surface area contributed by atoms with Gasteiger partial charge in [-0.25, -0.2) is 8.42 Å². The van der Waals surface area contributed by atoms with E-state index in [2.05, 4.69) is 12.2 Å². The molecule has 1 atom stereocenters. The Morgan fingerprint density at radius 2 is 1.52 bits per heavy atom. The summed E-state index contributed by atoms with van der Waals surface area (Å²) in [6.45, 7) is 8.94. The van der Waals surface area contributed by atoms with Gasteiger partial charge in [-0.3, -0.25) is 13.9 Å². The number of nitrogens with one attached hydrogen (secondary N) is 1. The van der Waals surface area contributed by atoms with Gasteiger partial charge in [0.05, 0.1) is 11.9 Å². The van der Waals surface area contributed by atoms with E-state index < -0.39 is 16.1 Å². The zero-order valence-corrected chi connectivity index (χ0v) is 26.4. The van der Waals surface area contributed by atoms with E-state index in [9.17, 15) is 18.0 Å². The summed E-state index contributed by atoms with van der Waals surface area (Å²) in [5.41, 5.74) is 5.51. The Bertz CT molecular complexity index is 1420. The predicted octanol–water partition coefficient (Wildman–Crippen LogP) is 5.71. The number of sulfonamides is 1. The number of hydrogen-bond acceptors (Lipinski definition) is 4. The molecule has 0 heterocycles. The molecule has 3 rings (SSSR count). The monoisotopic (exact) mass is 591 g/mol. The molecule has 7 nitrogen and oxygen atoms in total. The number of benzene rings is 3. The van der Waals surface area contributed by atoms with Crippen LogP contribution in [0.1, 0.15) is 60.4 Å². The van der Waals surface area contributed by atoms with Crippen LogP contribution in [0.4, 0.5) is 5.69 Å². The summed E-state index contributed by atoms with van der Waals surface area (Å²) < 4.78 is 26.9. The largest absolute Gasteiger partial charge is 0.354 e. The maximum Gasteiger partial charge on any atom is 0.243 e. The van der Waals surface area contributed by atoms with Crippen molar-refractivity contribution in [1.82, 2.24) is 10.2 Å². The summed E-state index contributed by atoms with van der Waals surface area (Å²) >= 11 is 0. The number of rotatable bonds is 15. The molecule has 0 aliphatic rings. The Labute approximate surface area is 252 Å². The number of hydrogen-bond donors (Lipinski definition) is 1. The first-order valence-corrected chi connectivity index (χ1v) is 16.6. The van der Waals surface area contributed by atoms with E-state index in [0.717, 1.165) is 40.7 Å². The van der Waals surface area contributed by atoms with Crippen molar-refractivity contribution >= 4 is 27.5 Å². The first kappa shape index (κ1) is 32.9. The second-order valence-corrected chi connectivity index (χ2v) is 13.0. The van der Waals surface area contributed by atoms with Crippen molar-refractivity contribution in [1.29, 1.82) is 0 Å². The molecule has 0 aliphatic heterocycles. The fraction of sp³-hybridized carbons (Fsp3) is 0.412. The third-order valence-electron chi connectivity index (χ3n) is 7.35. The molecular formula is C34H45N3O4S. The highest BCUT2D eigenvalue weighted by atomic mass is 32.2. The van der Waals surface area contributed by atoms with Crippen molar-refractivity contribution in [2.75, 3.05) is 23.7 Å². The fourth-order valence-electron chi connectivity index (χ4n) is 5.13. The van der Waals surface area contributed by atoms with Crippen LogP contribution in [0.15, 0.2) is 72.8 Å². The summed E-state index contributed by atoms with van der Waals surface area (Å²) in [5.74, 6) is -0.360. The van der Waals surface area contributed by atoms with Crippen LogP contribution in [0.5, 0.6) is 0 Å². The van der Waals surface area contributed by atoms with Crippen LogP contribution in [0, 0.1) is 20.8 Å². The van der Waals surface area contributed by atoms with Crippen LogP contribution >= 0.6 is 0 Å². The van der Waals surface area contributed by atoms with Gasteiger partial charge in [-0.2, -0.15) is 0 Å².